The van der Waals surface area contributed by atoms with Gasteiger partial charge in [0.15, 0.2) is 0 Å². The summed E-state index contributed by atoms with van der Waals surface area (Å²) in [6, 6.07) is 6.69. The molecule has 1 aromatic carbocycles. The topological polar surface area (TPSA) is 38.9 Å². The quantitative estimate of drug-likeness (QED) is 0.902. The smallest absolute Gasteiger partial charge is 0.107 e. The largest absolute Gasteiger partial charge is 0.325 e. The van der Waals surface area contributed by atoms with E-state index in [0.29, 0.717) is 6.54 Å². The van der Waals surface area contributed by atoms with Crippen molar-refractivity contribution in [2.45, 2.75) is 24.3 Å². The van der Waals surface area contributed by atoms with E-state index < -0.39 is 0 Å². The zero-order valence-electron chi connectivity index (χ0n) is 9.48. The van der Waals surface area contributed by atoms with Gasteiger partial charge >= 0.3 is 0 Å². The highest BCUT2D eigenvalue weighted by molar-refractivity contribution is 7.99. The number of nitrogens with zero attached hydrogens (tertiary/aromatic N) is 1. The zero-order chi connectivity index (χ0) is 11.7. The van der Waals surface area contributed by atoms with Crippen LogP contribution in [0.25, 0.3) is 11.3 Å². The molecule has 1 aliphatic rings. The number of hydrogen-bond acceptors (Lipinski definition) is 4. The molecule has 0 fully saturated rings. The van der Waals surface area contributed by atoms with Crippen molar-refractivity contribution in [3.05, 3.63) is 34.2 Å². The molecular formula is C13H14N2S2. The van der Waals surface area contributed by atoms with E-state index in [1.807, 2.05) is 11.8 Å². The molecule has 0 spiro atoms. The molecule has 0 bridgehead atoms. The van der Waals surface area contributed by atoms with Crippen molar-refractivity contribution in [2.24, 2.45) is 5.73 Å². The summed E-state index contributed by atoms with van der Waals surface area (Å²) in [5.41, 5.74) is 9.36. The van der Waals surface area contributed by atoms with Crippen LogP contribution in [0.3, 0.4) is 0 Å². The van der Waals surface area contributed by atoms with Gasteiger partial charge in [0.2, 0.25) is 0 Å². The summed E-state index contributed by atoms with van der Waals surface area (Å²) < 4.78 is 0. The summed E-state index contributed by atoms with van der Waals surface area (Å²) in [7, 11) is 0. The van der Waals surface area contributed by atoms with Crippen LogP contribution >= 0.6 is 23.1 Å². The van der Waals surface area contributed by atoms with Gasteiger partial charge in [0.25, 0.3) is 0 Å². The minimum absolute atomic E-state index is 0.533. The maximum absolute atomic E-state index is 5.60. The minimum atomic E-state index is 0.533. The van der Waals surface area contributed by atoms with Crippen LogP contribution in [0, 0.1) is 0 Å². The maximum atomic E-state index is 5.60. The Morgan fingerprint density at radius 3 is 3.12 bits per heavy atom. The predicted octanol–water partition coefficient (Wildman–Crippen LogP) is 3.31. The molecule has 88 valence electrons. The Labute approximate surface area is 109 Å². The number of thiazole rings is 1. The number of fused-ring (bicyclic) bond motifs is 1. The van der Waals surface area contributed by atoms with Crippen molar-refractivity contribution in [3.8, 4) is 11.3 Å². The number of aromatic nitrogens is 1. The number of thioether (sulfide) groups is 1. The molecule has 1 aliphatic heterocycles. The van der Waals surface area contributed by atoms with E-state index in [0.717, 1.165) is 10.7 Å². The normalized spacial score (nSPS) is 14.6. The van der Waals surface area contributed by atoms with Gasteiger partial charge in [-0.25, -0.2) is 4.98 Å². The van der Waals surface area contributed by atoms with Crippen LogP contribution in [0.2, 0.25) is 0 Å². The Morgan fingerprint density at radius 1 is 1.35 bits per heavy atom. The highest BCUT2D eigenvalue weighted by atomic mass is 32.2. The third kappa shape index (κ3) is 2.25. The van der Waals surface area contributed by atoms with Gasteiger partial charge in [-0.15, -0.1) is 23.1 Å². The standard InChI is InChI=1S/C13H14N2S2/c14-7-13-15-11(8-17-13)9-3-4-12-10(6-9)2-1-5-16-12/h3-4,6,8H,1-2,5,7,14H2. The van der Waals surface area contributed by atoms with Gasteiger partial charge in [0, 0.05) is 22.4 Å². The Hall–Kier alpha value is -0.840. The molecule has 3 rings (SSSR count). The van der Waals surface area contributed by atoms with Gasteiger partial charge in [-0.2, -0.15) is 0 Å². The molecule has 0 amide bonds. The number of rotatable bonds is 2. The minimum Gasteiger partial charge on any atom is -0.325 e. The summed E-state index contributed by atoms with van der Waals surface area (Å²) in [6.45, 7) is 0.533. The average Bonchev–Trinajstić information content (AvgIpc) is 2.87. The van der Waals surface area contributed by atoms with Crippen LogP contribution in [0.15, 0.2) is 28.5 Å². The third-order valence-electron chi connectivity index (χ3n) is 2.93. The van der Waals surface area contributed by atoms with E-state index in [9.17, 15) is 0 Å². The number of hydrogen-bond donors (Lipinski definition) is 1. The number of aryl methyl sites for hydroxylation is 1. The Morgan fingerprint density at radius 2 is 2.29 bits per heavy atom. The summed E-state index contributed by atoms with van der Waals surface area (Å²) in [6.07, 6.45) is 2.48. The first-order chi connectivity index (χ1) is 8.36. The predicted molar refractivity (Wildman–Crippen MR) is 74.5 cm³/mol. The van der Waals surface area contributed by atoms with Crippen molar-refractivity contribution >= 4 is 23.1 Å². The van der Waals surface area contributed by atoms with Gasteiger partial charge < -0.3 is 5.73 Å². The Kier molecular flexibility index (Phi) is 3.18. The third-order valence-corrected chi connectivity index (χ3v) is 5.00. The lowest BCUT2D eigenvalue weighted by Gasteiger charge is -2.15. The molecule has 2 aromatic rings. The molecule has 0 aliphatic carbocycles. The van der Waals surface area contributed by atoms with E-state index >= 15 is 0 Å². The highest BCUT2D eigenvalue weighted by Crippen LogP contribution is 2.33. The Balaban J connectivity index is 1.97. The van der Waals surface area contributed by atoms with Crippen molar-refractivity contribution in [3.63, 3.8) is 0 Å². The van der Waals surface area contributed by atoms with Gasteiger partial charge in [-0.3, -0.25) is 0 Å². The van der Waals surface area contributed by atoms with E-state index in [1.54, 1.807) is 11.3 Å². The average molecular weight is 262 g/mol. The van der Waals surface area contributed by atoms with Crippen molar-refractivity contribution in [2.75, 3.05) is 5.75 Å². The summed E-state index contributed by atoms with van der Waals surface area (Å²) in [5, 5.41) is 3.10. The van der Waals surface area contributed by atoms with Gasteiger partial charge in [0.05, 0.1) is 5.69 Å². The molecule has 0 radical (unpaired) electrons. The van der Waals surface area contributed by atoms with Crippen molar-refractivity contribution < 1.29 is 0 Å². The van der Waals surface area contributed by atoms with Crippen molar-refractivity contribution in [1.82, 2.24) is 4.98 Å². The second-order valence-corrected chi connectivity index (χ2v) is 6.18. The van der Waals surface area contributed by atoms with Gasteiger partial charge in [-0.05, 0) is 36.3 Å². The fourth-order valence-electron chi connectivity index (χ4n) is 2.06. The van der Waals surface area contributed by atoms with E-state index in [1.165, 1.54) is 34.6 Å². The fourth-order valence-corrected chi connectivity index (χ4v) is 3.76. The van der Waals surface area contributed by atoms with Crippen LogP contribution in [-0.2, 0) is 13.0 Å². The molecule has 0 unspecified atom stereocenters. The van der Waals surface area contributed by atoms with Gasteiger partial charge in [-0.1, -0.05) is 6.07 Å². The van der Waals surface area contributed by atoms with Crippen LogP contribution < -0.4 is 5.73 Å². The van der Waals surface area contributed by atoms with Crippen molar-refractivity contribution in [1.29, 1.82) is 0 Å². The first kappa shape index (κ1) is 11.3. The fraction of sp³-hybridized carbons (Fsp3) is 0.308. The van der Waals surface area contributed by atoms with Crippen LogP contribution in [0.5, 0.6) is 0 Å². The first-order valence-electron chi connectivity index (χ1n) is 5.77. The number of nitrogens with two attached hydrogens (primary N) is 1. The molecule has 1 aromatic heterocycles. The van der Waals surface area contributed by atoms with E-state index in [4.69, 9.17) is 5.73 Å². The molecule has 0 saturated heterocycles. The molecule has 0 atom stereocenters. The summed E-state index contributed by atoms with van der Waals surface area (Å²) in [4.78, 5) is 5.97. The molecule has 2 N–H and O–H groups in total. The zero-order valence-corrected chi connectivity index (χ0v) is 11.1. The van der Waals surface area contributed by atoms with Gasteiger partial charge in [0.1, 0.15) is 5.01 Å². The molecule has 17 heavy (non-hydrogen) atoms. The van der Waals surface area contributed by atoms with E-state index in [2.05, 4.69) is 28.6 Å². The molecule has 0 saturated carbocycles. The first-order valence-corrected chi connectivity index (χ1v) is 7.64. The molecule has 2 nitrogen and oxygen atoms in total. The van der Waals surface area contributed by atoms with Crippen LogP contribution in [0.4, 0.5) is 0 Å². The SMILES string of the molecule is NCc1nc(-c2ccc3c(c2)CCCS3)cs1. The lowest BCUT2D eigenvalue weighted by Crippen LogP contribution is -1.98. The summed E-state index contributed by atoms with van der Waals surface area (Å²) in [5.74, 6) is 1.25. The molecule has 2 heterocycles. The Bertz CT molecular complexity index is 534. The lowest BCUT2D eigenvalue weighted by atomic mass is 10.0. The lowest BCUT2D eigenvalue weighted by molar-refractivity contribution is 0.890. The molecule has 4 heteroatoms. The second-order valence-electron chi connectivity index (χ2n) is 4.11. The van der Waals surface area contributed by atoms with Crippen LogP contribution in [-0.4, -0.2) is 10.7 Å². The summed E-state index contributed by atoms with van der Waals surface area (Å²) >= 11 is 3.60. The van der Waals surface area contributed by atoms with Crippen LogP contribution in [0.1, 0.15) is 17.0 Å². The maximum Gasteiger partial charge on any atom is 0.107 e. The monoisotopic (exact) mass is 262 g/mol. The number of benzene rings is 1. The second kappa shape index (κ2) is 4.80. The highest BCUT2D eigenvalue weighted by Gasteiger charge is 2.11. The van der Waals surface area contributed by atoms with E-state index in [-0.39, 0.29) is 0 Å². The molecular weight excluding hydrogens is 248 g/mol.